The minimum atomic E-state index is -5.08. The first-order valence-electron chi connectivity index (χ1n) is 10.5. The number of carboxylic acid groups (broad SMARTS) is 1. The molecule has 0 saturated carbocycles. The van der Waals surface area contributed by atoms with Crippen molar-refractivity contribution >= 4 is 23.6 Å². The van der Waals surface area contributed by atoms with Crippen molar-refractivity contribution < 1.29 is 37.3 Å². The zero-order valence-electron chi connectivity index (χ0n) is 17.6. The molecule has 1 atom stereocenters. The molecule has 1 N–H and O–H groups in total. The van der Waals surface area contributed by atoms with Gasteiger partial charge < -0.3 is 19.5 Å². The van der Waals surface area contributed by atoms with Crippen LogP contribution in [0.15, 0.2) is 24.4 Å². The lowest BCUT2D eigenvalue weighted by Crippen LogP contribution is -2.61. The molecule has 3 aliphatic heterocycles. The number of aliphatic carboxylic acids is 1. The largest absolute Gasteiger partial charge is 0.490 e. The molecule has 1 unspecified atom stereocenters. The van der Waals surface area contributed by atoms with Gasteiger partial charge in [-0.25, -0.2) is 4.79 Å². The third-order valence-corrected chi connectivity index (χ3v) is 7.27. The fraction of sp³-hybridized carbons (Fsp3) is 0.667. The molecule has 4 heterocycles. The number of aromatic nitrogens is 1. The van der Waals surface area contributed by atoms with Crippen molar-refractivity contribution in [2.45, 2.75) is 42.7 Å². The lowest BCUT2D eigenvalue weighted by molar-refractivity contribution is -0.192. The number of nitrogens with zero attached hydrogens (tertiary/aromatic N) is 2. The summed E-state index contributed by atoms with van der Waals surface area (Å²) in [7, 11) is 0. The topological polar surface area (TPSA) is 89.0 Å². The second-order valence-corrected chi connectivity index (χ2v) is 9.75. The van der Waals surface area contributed by atoms with E-state index in [1.807, 2.05) is 34.9 Å². The summed E-state index contributed by atoms with van der Waals surface area (Å²) < 4.78 is 43.6. The van der Waals surface area contributed by atoms with E-state index in [1.165, 1.54) is 0 Å². The normalized spacial score (nSPS) is 22.7. The van der Waals surface area contributed by atoms with Gasteiger partial charge in [0.15, 0.2) is 0 Å². The highest BCUT2D eigenvalue weighted by Crippen LogP contribution is 2.46. The van der Waals surface area contributed by atoms with E-state index >= 15 is 0 Å². The van der Waals surface area contributed by atoms with Gasteiger partial charge in [0.2, 0.25) is 5.91 Å². The number of halogens is 3. The highest BCUT2D eigenvalue weighted by atomic mass is 32.2. The Morgan fingerprint density at radius 2 is 1.97 bits per heavy atom. The Bertz CT molecular complexity index is 768. The Morgan fingerprint density at radius 1 is 1.28 bits per heavy atom. The van der Waals surface area contributed by atoms with Crippen LogP contribution in [0.3, 0.4) is 0 Å². The van der Waals surface area contributed by atoms with Crippen LogP contribution in [0.4, 0.5) is 13.2 Å². The van der Waals surface area contributed by atoms with E-state index in [4.69, 9.17) is 19.4 Å². The van der Waals surface area contributed by atoms with E-state index in [2.05, 4.69) is 4.98 Å². The summed E-state index contributed by atoms with van der Waals surface area (Å²) >= 11 is 1.99. The summed E-state index contributed by atoms with van der Waals surface area (Å²) in [5.74, 6) is -0.844. The molecule has 11 heteroatoms. The predicted octanol–water partition coefficient (Wildman–Crippen LogP) is 2.79. The summed E-state index contributed by atoms with van der Waals surface area (Å²) in [4.78, 5) is 27.5. The van der Waals surface area contributed by atoms with Gasteiger partial charge in [-0.05, 0) is 37.3 Å². The summed E-state index contributed by atoms with van der Waals surface area (Å²) in [6.07, 6.45) is 0.745. The number of hydrogen-bond donors (Lipinski definition) is 1. The Hall–Kier alpha value is -1.85. The molecule has 1 spiro atoms. The Balaban J connectivity index is 0.000000360. The minimum absolute atomic E-state index is 0.191. The van der Waals surface area contributed by atoms with Crippen LogP contribution in [0.5, 0.6) is 0 Å². The Morgan fingerprint density at radius 3 is 2.56 bits per heavy atom. The summed E-state index contributed by atoms with van der Waals surface area (Å²) in [6.45, 7) is 4.35. The second kappa shape index (κ2) is 10.8. The second-order valence-electron chi connectivity index (χ2n) is 8.26. The molecule has 7 nitrogen and oxygen atoms in total. The summed E-state index contributed by atoms with van der Waals surface area (Å²) in [5, 5.41) is 7.12. The van der Waals surface area contributed by atoms with E-state index in [-0.39, 0.29) is 10.7 Å². The molecule has 32 heavy (non-hydrogen) atoms. The molecule has 1 amide bonds. The van der Waals surface area contributed by atoms with Crippen LogP contribution >= 0.6 is 11.8 Å². The number of amides is 1. The van der Waals surface area contributed by atoms with Crippen molar-refractivity contribution in [2.24, 2.45) is 5.92 Å². The maximum atomic E-state index is 12.4. The molecule has 0 radical (unpaired) electrons. The average Bonchev–Trinajstić information content (AvgIpc) is 3.17. The van der Waals surface area contributed by atoms with Gasteiger partial charge in [-0.3, -0.25) is 9.78 Å². The van der Waals surface area contributed by atoms with Gasteiger partial charge >= 0.3 is 12.1 Å². The summed E-state index contributed by atoms with van der Waals surface area (Å²) in [6, 6.07) is 5.72. The molecule has 3 aliphatic rings. The number of hydrogen-bond acceptors (Lipinski definition) is 6. The smallest absolute Gasteiger partial charge is 0.475 e. The minimum Gasteiger partial charge on any atom is -0.475 e. The van der Waals surface area contributed by atoms with Gasteiger partial charge in [0.1, 0.15) is 0 Å². The van der Waals surface area contributed by atoms with Crippen LogP contribution in [-0.4, -0.2) is 82.6 Å². The van der Waals surface area contributed by atoms with Crippen molar-refractivity contribution in [3.05, 3.63) is 30.1 Å². The van der Waals surface area contributed by atoms with Crippen LogP contribution in [0, 0.1) is 5.92 Å². The zero-order chi connectivity index (χ0) is 23.2. The van der Waals surface area contributed by atoms with E-state index in [9.17, 15) is 18.0 Å². The van der Waals surface area contributed by atoms with Crippen LogP contribution in [0.1, 0.15) is 25.0 Å². The fourth-order valence-electron chi connectivity index (χ4n) is 3.91. The number of carbonyl (C=O) groups is 2. The molecular formula is C21H27F3N2O5S. The zero-order valence-corrected chi connectivity index (χ0v) is 18.4. The number of rotatable bonds is 5. The third-order valence-electron chi connectivity index (χ3n) is 5.70. The molecule has 3 fully saturated rings. The van der Waals surface area contributed by atoms with E-state index in [0.717, 1.165) is 63.6 Å². The maximum absolute atomic E-state index is 12.4. The maximum Gasteiger partial charge on any atom is 0.490 e. The number of carboxylic acids is 1. The number of pyridine rings is 1. The van der Waals surface area contributed by atoms with Crippen molar-refractivity contribution in [1.82, 2.24) is 9.88 Å². The molecule has 0 aliphatic carbocycles. The molecule has 0 bridgehead atoms. The Kier molecular flexibility index (Phi) is 8.40. The van der Waals surface area contributed by atoms with Gasteiger partial charge in [-0.1, -0.05) is 6.07 Å². The van der Waals surface area contributed by atoms with E-state index in [0.29, 0.717) is 18.4 Å². The standard InChI is InChI=1S/C19H26N2O3S.C2HF3O2/c22-18(9-16-3-1-2-6-20-16)21-13-19(14-21)10-17(12-25-19)24-11-15-4-7-23-8-5-15;3-2(4,5)1(6)7/h1-3,6,15,17H,4-5,7-14H2;(H,6,7). The van der Waals surface area contributed by atoms with Gasteiger partial charge in [0.05, 0.1) is 17.3 Å². The lowest BCUT2D eigenvalue weighted by Gasteiger charge is -2.47. The number of likely N-dealkylation sites (tertiary alicyclic amines) is 1. The monoisotopic (exact) mass is 476 g/mol. The highest BCUT2D eigenvalue weighted by molar-refractivity contribution is 8.01. The molecule has 1 aromatic rings. The fourth-order valence-corrected chi connectivity index (χ4v) is 5.46. The van der Waals surface area contributed by atoms with Gasteiger partial charge in [-0.15, -0.1) is 11.8 Å². The first kappa shape index (κ1) is 24.8. The van der Waals surface area contributed by atoms with Gasteiger partial charge in [0.25, 0.3) is 0 Å². The van der Waals surface area contributed by atoms with Crippen molar-refractivity contribution in [2.75, 3.05) is 38.7 Å². The van der Waals surface area contributed by atoms with Crippen LogP contribution in [0.2, 0.25) is 0 Å². The van der Waals surface area contributed by atoms with E-state index < -0.39 is 12.1 Å². The van der Waals surface area contributed by atoms with Crippen molar-refractivity contribution in [1.29, 1.82) is 0 Å². The van der Waals surface area contributed by atoms with Crippen LogP contribution in [0.25, 0.3) is 0 Å². The van der Waals surface area contributed by atoms with E-state index in [1.54, 1.807) is 6.20 Å². The highest BCUT2D eigenvalue weighted by Gasteiger charge is 2.50. The van der Waals surface area contributed by atoms with Crippen LogP contribution < -0.4 is 0 Å². The molecule has 178 valence electrons. The molecule has 0 aromatic carbocycles. The SMILES string of the molecule is O=C(Cc1ccccn1)N1CC2(CC(OCC3CCOCC3)CS2)C1.O=C(O)C(F)(F)F. The number of thioether (sulfide) groups is 1. The Labute approximate surface area is 188 Å². The number of ether oxygens (including phenoxy) is 2. The number of carbonyl (C=O) groups excluding carboxylic acids is 1. The number of alkyl halides is 3. The lowest BCUT2D eigenvalue weighted by atomic mass is 9.92. The van der Waals surface area contributed by atoms with Crippen molar-refractivity contribution in [3.8, 4) is 0 Å². The van der Waals surface area contributed by atoms with Crippen LogP contribution in [-0.2, 0) is 25.5 Å². The molecule has 4 rings (SSSR count). The predicted molar refractivity (Wildman–Crippen MR) is 111 cm³/mol. The average molecular weight is 477 g/mol. The summed E-state index contributed by atoms with van der Waals surface area (Å²) in [5.41, 5.74) is 0.852. The van der Waals surface area contributed by atoms with Gasteiger partial charge in [-0.2, -0.15) is 13.2 Å². The molecule has 3 saturated heterocycles. The quantitative estimate of drug-likeness (QED) is 0.699. The first-order chi connectivity index (χ1) is 15.2. The molecule has 1 aromatic heterocycles. The molecular weight excluding hydrogens is 449 g/mol. The first-order valence-corrected chi connectivity index (χ1v) is 11.5. The van der Waals surface area contributed by atoms with Gasteiger partial charge in [0, 0.05) is 50.6 Å². The van der Waals surface area contributed by atoms with Crippen molar-refractivity contribution in [3.63, 3.8) is 0 Å². The third kappa shape index (κ3) is 7.08.